The largest absolute Gasteiger partial charge is 0.494 e. The van der Waals surface area contributed by atoms with Gasteiger partial charge >= 0.3 is 0 Å². The van der Waals surface area contributed by atoms with E-state index in [1.807, 2.05) is 49.4 Å². The van der Waals surface area contributed by atoms with Crippen molar-refractivity contribution in [2.24, 2.45) is 0 Å². The van der Waals surface area contributed by atoms with E-state index in [2.05, 4.69) is 28.2 Å². The molecule has 0 aliphatic heterocycles. The molecule has 0 saturated heterocycles. The lowest BCUT2D eigenvalue weighted by atomic mass is 10.2. The van der Waals surface area contributed by atoms with Crippen LogP contribution in [-0.4, -0.2) is 19.1 Å². The SMILES string of the molecule is CCCCCCCOc1cccc(NC(=O)COc2ccc(C)cc2Br)c1. The summed E-state index contributed by atoms with van der Waals surface area (Å²) in [5, 5.41) is 2.84. The third kappa shape index (κ3) is 8.04. The lowest BCUT2D eigenvalue weighted by Crippen LogP contribution is -2.20. The van der Waals surface area contributed by atoms with Crippen LogP contribution in [0, 0.1) is 6.92 Å². The Morgan fingerprint density at radius 2 is 1.85 bits per heavy atom. The molecule has 0 aromatic heterocycles. The van der Waals surface area contributed by atoms with Gasteiger partial charge in [-0.15, -0.1) is 0 Å². The minimum Gasteiger partial charge on any atom is -0.494 e. The Labute approximate surface area is 170 Å². The number of carbonyl (C=O) groups excluding carboxylic acids is 1. The Balaban J connectivity index is 1.76. The van der Waals surface area contributed by atoms with E-state index in [1.165, 1.54) is 25.7 Å². The number of anilines is 1. The second kappa shape index (κ2) is 11.7. The number of aryl methyl sites for hydroxylation is 1. The highest BCUT2D eigenvalue weighted by Crippen LogP contribution is 2.25. The van der Waals surface area contributed by atoms with E-state index in [0.29, 0.717) is 18.0 Å². The number of hydrogen-bond donors (Lipinski definition) is 1. The fraction of sp³-hybridized carbons (Fsp3) is 0.409. The molecule has 0 unspecified atom stereocenters. The topological polar surface area (TPSA) is 47.6 Å². The minimum atomic E-state index is -0.209. The van der Waals surface area contributed by atoms with Crippen molar-refractivity contribution in [1.82, 2.24) is 0 Å². The Hall–Kier alpha value is -2.01. The van der Waals surface area contributed by atoms with Crippen molar-refractivity contribution in [3.63, 3.8) is 0 Å². The number of halogens is 1. The van der Waals surface area contributed by atoms with Crippen molar-refractivity contribution in [3.8, 4) is 11.5 Å². The van der Waals surface area contributed by atoms with Gasteiger partial charge in [0.15, 0.2) is 6.61 Å². The number of rotatable bonds is 11. The van der Waals surface area contributed by atoms with Crippen molar-refractivity contribution in [1.29, 1.82) is 0 Å². The zero-order chi connectivity index (χ0) is 19.5. The summed E-state index contributed by atoms with van der Waals surface area (Å²) in [6, 6.07) is 13.2. The molecule has 0 saturated carbocycles. The van der Waals surface area contributed by atoms with Crippen molar-refractivity contribution in [3.05, 3.63) is 52.5 Å². The highest BCUT2D eigenvalue weighted by atomic mass is 79.9. The van der Waals surface area contributed by atoms with Gasteiger partial charge in [-0.25, -0.2) is 0 Å². The van der Waals surface area contributed by atoms with Crippen molar-refractivity contribution >= 4 is 27.5 Å². The molecule has 2 rings (SSSR count). The molecular weight excluding hydrogens is 406 g/mol. The zero-order valence-corrected chi connectivity index (χ0v) is 17.7. The van der Waals surface area contributed by atoms with E-state index in [0.717, 1.165) is 22.2 Å². The predicted molar refractivity (Wildman–Crippen MR) is 114 cm³/mol. The average Bonchev–Trinajstić information content (AvgIpc) is 2.64. The Bertz CT molecular complexity index is 733. The van der Waals surface area contributed by atoms with Crippen LogP contribution >= 0.6 is 15.9 Å². The van der Waals surface area contributed by atoms with Crippen molar-refractivity contribution < 1.29 is 14.3 Å². The van der Waals surface area contributed by atoms with Gasteiger partial charge in [0.1, 0.15) is 11.5 Å². The van der Waals surface area contributed by atoms with Gasteiger partial charge in [0.25, 0.3) is 5.91 Å². The molecular formula is C22H28BrNO3. The number of benzene rings is 2. The smallest absolute Gasteiger partial charge is 0.262 e. The van der Waals surface area contributed by atoms with Crippen LogP contribution in [0.4, 0.5) is 5.69 Å². The summed E-state index contributed by atoms with van der Waals surface area (Å²) >= 11 is 3.44. The third-order valence-corrected chi connectivity index (χ3v) is 4.70. The Kier molecular flexibility index (Phi) is 9.19. The van der Waals surface area contributed by atoms with Crippen LogP contribution in [0.15, 0.2) is 46.9 Å². The Morgan fingerprint density at radius 3 is 2.63 bits per heavy atom. The molecule has 1 N–H and O–H groups in total. The summed E-state index contributed by atoms with van der Waals surface area (Å²) in [6.07, 6.45) is 6.02. The summed E-state index contributed by atoms with van der Waals surface area (Å²) in [6.45, 7) is 4.86. The van der Waals surface area contributed by atoms with Gasteiger partial charge in [-0.1, -0.05) is 44.7 Å². The molecule has 0 fully saturated rings. The normalized spacial score (nSPS) is 10.5. The molecule has 0 radical (unpaired) electrons. The second-order valence-corrected chi connectivity index (χ2v) is 7.42. The summed E-state index contributed by atoms with van der Waals surface area (Å²) in [5.74, 6) is 1.21. The van der Waals surface area contributed by atoms with Gasteiger partial charge in [-0.2, -0.15) is 0 Å². The standard InChI is InChI=1S/C22H28BrNO3/c1-3-4-5-6-7-13-26-19-10-8-9-18(15-19)24-22(25)16-27-21-12-11-17(2)14-20(21)23/h8-12,14-15H,3-7,13,16H2,1-2H3,(H,24,25). The van der Waals surface area contributed by atoms with Crippen LogP contribution in [0.3, 0.4) is 0 Å². The van der Waals surface area contributed by atoms with E-state index in [4.69, 9.17) is 9.47 Å². The predicted octanol–water partition coefficient (Wildman–Crippen LogP) is 6.12. The second-order valence-electron chi connectivity index (χ2n) is 6.56. The molecule has 0 spiro atoms. The minimum absolute atomic E-state index is 0.0514. The van der Waals surface area contributed by atoms with Crippen molar-refractivity contribution in [2.75, 3.05) is 18.5 Å². The number of ether oxygens (including phenoxy) is 2. The summed E-state index contributed by atoms with van der Waals surface area (Å²) in [5.41, 5.74) is 1.83. The van der Waals surface area contributed by atoms with E-state index in [-0.39, 0.29) is 12.5 Å². The Morgan fingerprint density at radius 1 is 1.04 bits per heavy atom. The fourth-order valence-corrected chi connectivity index (χ4v) is 3.23. The van der Waals surface area contributed by atoms with Gasteiger partial charge in [0, 0.05) is 11.8 Å². The number of carbonyl (C=O) groups is 1. The quantitative estimate of drug-likeness (QED) is 0.433. The van der Waals surface area contributed by atoms with Crippen LogP contribution in [-0.2, 0) is 4.79 Å². The average molecular weight is 434 g/mol. The van der Waals surface area contributed by atoms with Gasteiger partial charge in [0.05, 0.1) is 11.1 Å². The first-order valence-electron chi connectivity index (χ1n) is 9.50. The van der Waals surface area contributed by atoms with Gasteiger partial charge < -0.3 is 14.8 Å². The molecule has 0 heterocycles. The van der Waals surface area contributed by atoms with Crippen LogP contribution in [0.2, 0.25) is 0 Å². The molecule has 2 aromatic rings. The monoisotopic (exact) mass is 433 g/mol. The lowest BCUT2D eigenvalue weighted by Gasteiger charge is -2.11. The zero-order valence-electron chi connectivity index (χ0n) is 16.1. The molecule has 4 nitrogen and oxygen atoms in total. The molecule has 0 aliphatic carbocycles. The summed E-state index contributed by atoms with van der Waals surface area (Å²) < 4.78 is 12.2. The number of hydrogen-bond acceptors (Lipinski definition) is 3. The highest BCUT2D eigenvalue weighted by Gasteiger charge is 2.07. The molecule has 0 bridgehead atoms. The first-order valence-corrected chi connectivity index (χ1v) is 10.3. The maximum absolute atomic E-state index is 12.1. The number of amides is 1. The van der Waals surface area contributed by atoms with Gasteiger partial charge in [-0.05, 0) is 59.1 Å². The van der Waals surface area contributed by atoms with Crippen LogP contribution in [0.1, 0.15) is 44.6 Å². The fourth-order valence-electron chi connectivity index (χ4n) is 2.62. The molecule has 146 valence electrons. The van der Waals surface area contributed by atoms with Crippen LogP contribution in [0.5, 0.6) is 11.5 Å². The maximum Gasteiger partial charge on any atom is 0.262 e. The first kappa shape index (κ1) is 21.3. The van der Waals surface area contributed by atoms with E-state index in [9.17, 15) is 4.79 Å². The number of unbranched alkanes of at least 4 members (excludes halogenated alkanes) is 4. The molecule has 0 aliphatic rings. The first-order chi connectivity index (χ1) is 13.1. The molecule has 27 heavy (non-hydrogen) atoms. The van der Waals surface area contributed by atoms with E-state index >= 15 is 0 Å². The third-order valence-electron chi connectivity index (χ3n) is 4.08. The van der Waals surface area contributed by atoms with E-state index in [1.54, 1.807) is 0 Å². The maximum atomic E-state index is 12.1. The molecule has 2 aromatic carbocycles. The molecule has 5 heteroatoms. The highest BCUT2D eigenvalue weighted by molar-refractivity contribution is 9.10. The summed E-state index contributed by atoms with van der Waals surface area (Å²) in [7, 11) is 0. The van der Waals surface area contributed by atoms with Crippen LogP contribution in [0.25, 0.3) is 0 Å². The lowest BCUT2D eigenvalue weighted by molar-refractivity contribution is -0.118. The molecule has 1 amide bonds. The number of nitrogens with one attached hydrogen (secondary N) is 1. The van der Waals surface area contributed by atoms with Crippen LogP contribution < -0.4 is 14.8 Å². The van der Waals surface area contributed by atoms with E-state index < -0.39 is 0 Å². The van der Waals surface area contributed by atoms with Gasteiger partial charge in [0.2, 0.25) is 0 Å². The summed E-state index contributed by atoms with van der Waals surface area (Å²) in [4.78, 5) is 12.1. The van der Waals surface area contributed by atoms with Gasteiger partial charge in [-0.3, -0.25) is 4.79 Å². The molecule has 0 atom stereocenters. The van der Waals surface area contributed by atoms with Crippen molar-refractivity contribution in [2.45, 2.75) is 46.0 Å².